The second-order valence-electron chi connectivity index (χ2n) is 6.57. The first-order valence-corrected chi connectivity index (χ1v) is 8.89. The molecule has 0 spiro atoms. The van der Waals surface area contributed by atoms with E-state index in [-0.39, 0.29) is 11.9 Å². The van der Waals surface area contributed by atoms with E-state index in [4.69, 9.17) is 16.3 Å². The summed E-state index contributed by atoms with van der Waals surface area (Å²) in [6, 6.07) is 8.38. The first-order chi connectivity index (χ1) is 11.5. The zero-order chi connectivity index (χ0) is 17.5. The van der Waals surface area contributed by atoms with E-state index in [1.807, 2.05) is 24.3 Å². The largest absolute Gasteiger partial charge is 0.383 e. The monoisotopic (exact) mass is 353 g/mol. The van der Waals surface area contributed by atoms with Crippen LogP contribution < -0.4 is 10.6 Å². The molecule has 0 radical (unpaired) electrons. The molecular formula is C18H28ClN3O2. The molecule has 0 unspecified atom stereocenters. The van der Waals surface area contributed by atoms with Crippen molar-refractivity contribution in [1.82, 2.24) is 15.5 Å². The number of hydrogen-bond acceptors (Lipinski definition) is 4. The minimum Gasteiger partial charge on any atom is -0.383 e. The maximum atomic E-state index is 12.6. The zero-order valence-corrected chi connectivity index (χ0v) is 15.5. The van der Waals surface area contributed by atoms with Gasteiger partial charge in [-0.25, -0.2) is 0 Å². The molecule has 2 rings (SSSR count). The van der Waals surface area contributed by atoms with Crippen LogP contribution >= 0.6 is 11.6 Å². The lowest BCUT2D eigenvalue weighted by molar-refractivity contribution is -0.125. The Hall–Kier alpha value is -1.14. The minimum atomic E-state index is -0.144. The fraction of sp³-hybridized carbons (Fsp3) is 0.611. The average molecular weight is 354 g/mol. The molecule has 1 amide bonds. The third-order valence-electron chi connectivity index (χ3n) is 4.21. The average Bonchev–Trinajstić information content (AvgIpc) is 2.91. The van der Waals surface area contributed by atoms with Crippen LogP contribution in [0.4, 0.5) is 0 Å². The number of hydrogen-bond donors (Lipinski definition) is 2. The van der Waals surface area contributed by atoms with Gasteiger partial charge >= 0.3 is 0 Å². The minimum absolute atomic E-state index is 0.0622. The molecule has 0 aromatic heterocycles. The van der Waals surface area contributed by atoms with E-state index in [2.05, 4.69) is 29.4 Å². The Balaban J connectivity index is 2.05. The Kier molecular flexibility index (Phi) is 7.49. The van der Waals surface area contributed by atoms with Gasteiger partial charge in [0.15, 0.2) is 0 Å². The highest BCUT2D eigenvalue weighted by Gasteiger charge is 2.36. The lowest BCUT2D eigenvalue weighted by atomic mass is 10.1. The molecule has 0 aliphatic carbocycles. The molecule has 1 heterocycles. The van der Waals surface area contributed by atoms with Gasteiger partial charge in [-0.1, -0.05) is 43.6 Å². The molecule has 1 aromatic carbocycles. The van der Waals surface area contributed by atoms with Crippen LogP contribution in [0.25, 0.3) is 0 Å². The van der Waals surface area contributed by atoms with Crippen molar-refractivity contribution in [2.24, 2.45) is 0 Å². The predicted molar refractivity (Wildman–Crippen MR) is 97.2 cm³/mol. The first-order valence-electron chi connectivity index (χ1n) is 8.51. The second kappa shape index (κ2) is 9.37. The van der Waals surface area contributed by atoms with Crippen molar-refractivity contribution in [1.29, 1.82) is 0 Å². The third kappa shape index (κ3) is 5.45. The SMILES string of the molecule is COCCNC(=O)[C@@H]1C[C@H](NC(C)C)CN1Cc1ccccc1Cl. The Bertz CT molecular complexity index is 539. The topological polar surface area (TPSA) is 53.6 Å². The van der Waals surface area contributed by atoms with E-state index in [0.717, 1.165) is 23.6 Å². The number of halogens is 1. The number of likely N-dealkylation sites (tertiary alicyclic amines) is 1. The Morgan fingerprint density at radius 3 is 2.83 bits per heavy atom. The van der Waals surface area contributed by atoms with E-state index in [1.165, 1.54) is 0 Å². The van der Waals surface area contributed by atoms with E-state index >= 15 is 0 Å². The van der Waals surface area contributed by atoms with Crippen LogP contribution in [0.3, 0.4) is 0 Å². The van der Waals surface area contributed by atoms with E-state index in [0.29, 0.717) is 31.8 Å². The van der Waals surface area contributed by atoms with Crippen molar-refractivity contribution in [2.45, 2.75) is 44.9 Å². The van der Waals surface area contributed by atoms with Gasteiger partial charge in [-0.2, -0.15) is 0 Å². The smallest absolute Gasteiger partial charge is 0.237 e. The molecule has 24 heavy (non-hydrogen) atoms. The van der Waals surface area contributed by atoms with Gasteiger partial charge in [-0.3, -0.25) is 9.69 Å². The van der Waals surface area contributed by atoms with Crippen LogP contribution in [-0.4, -0.2) is 55.7 Å². The zero-order valence-electron chi connectivity index (χ0n) is 14.7. The van der Waals surface area contributed by atoms with Crippen molar-refractivity contribution < 1.29 is 9.53 Å². The number of rotatable bonds is 8. The molecule has 0 bridgehead atoms. The molecule has 134 valence electrons. The predicted octanol–water partition coefficient (Wildman–Crippen LogP) is 2.04. The number of nitrogens with zero attached hydrogens (tertiary/aromatic N) is 1. The third-order valence-corrected chi connectivity index (χ3v) is 4.58. The number of benzene rings is 1. The molecule has 1 aromatic rings. The first kappa shape index (κ1) is 19.2. The summed E-state index contributed by atoms with van der Waals surface area (Å²) in [5, 5.41) is 7.25. The van der Waals surface area contributed by atoms with Gasteiger partial charge in [-0.15, -0.1) is 0 Å². The van der Waals surface area contributed by atoms with Crippen LogP contribution in [0, 0.1) is 0 Å². The van der Waals surface area contributed by atoms with Crippen molar-refractivity contribution in [3.05, 3.63) is 34.9 Å². The van der Waals surface area contributed by atoms with Gasteiger partial charge in [0.25, 0.3) is 0 Å². The van der Waals surface area contributed by atoms with Gasteiger partial charge < -0.3 is 15.4 Å². The Labute approximate surface area is 149 Å². The summed E-state index contributed by atoms with van der Waals surface area (Å²) in [6.45, 7) is 6.84. The van der Waals surface area contributed by atoms with Gasteiger partial charge in [0.2, 0.25) is 5.91 Å². The van der Waals surface area contributed by atoms with E-state index in [1.54, 1.807) is 7.11 Å². The van der Waals surface area contributed by atoms with Crippen LogP contribution in [0.15, 0.2) is 24.3 Å². The van der Waals surface area contributed by atoms with Gasteiger partial charge in [0.05, 0.1) is 12.6 Å². The maximum absolute atomic E-state index is 12.6. The van der Waals surface area contributed by atoms with Crippen LogP contribution in [0.1, 0.15) is 25.8 Å². The number of methoxy groups -OCH3 is 1. The van der Waals surface area contributed by atoms with Crippen molar-refractivity contribution in [3.63, 3.8) is 0 Å². The molecule has 1 aliphatic rings. The molecular weight excluding hydrogens is 326 g/mol. The summed E-state index contributed by atoms with van der Waals surface area (Å²) in [5.74, 6) is 0.0622. The van der Waals surface area contributed by atoms with E-state index in [9.17, 15) is 4.79 Å². The van der Waals surface area contributed by atoms with Crippen molar-refractivity contribution >= 4 is 17.5 Å². The molecule has 2 atom stereocenters. The molecule has 1 aliphatic heterocycles. The highest BCUT2D eigenvalue weighted by molar-refractivity contribution is 6.31. The Morgan fingerprint density at radius 1 is 1.42 bits per heavy atom. The van der Waals surface area contributed by atoms with Crippen LogP contribution in [0.5, 0.6) is 0 Å². The fourth-order valence-corrected chi connectivity index (χ4v) is 3.38. The highest BCUT2D eigenvalue weighted by atomic mass is 35.5. The molecule has 5 nitrogen and oxygen atoms in total. The van der Waals surface area contributed by atoms with E-state index < -0.39 is 0 Å². The van der Waals surface area contributed by atoms with Crippen molar-refractivity contribution in [3.8, 4) is 0 Å². The van der Waals surface area contributed by atoms with Gasteiger partial charge in [0.1, 0.15) is 0 Å². The molecule has 1 saturated heterocycles. The number of ether oxygens (including phenoxy) is 1. The summed E-state index contributed by atoms with van der Waals surface area (Å²) >= 11 is 6.29. The fourth-order valence-electron chi connectivity index (χ4n) is 3.18. The summed E-state index contributed by atoms with van der Waals surface area (Å²) < 4.78 is 5.01. The number of carbonyl (C=O) groups excluding carboxylic acids is 1. The summed E-state index contributed by atoms with van der Waals surface area (Å²) in [6.07, 6.45) is 0.807. The summed E-state index contributed by atoms with van der Waals surface area (Å²) in [4.78, 5) is 14.8. The lowest BCUT2D eigenvalue weighted by Crippen LogP contribution is -2.43. The highest BCUT2D eigenvalue weighted by Crippen LogP contribution is 2.24. The van der Waals surface area contributed by atoms with Crippen LogP contribution in [-0.2, 0) is 16.1 Å². The van der Waals surface area contributed by atoms with Crippen LogP contribution in [0.2, 0.25) is 5.02 Å². The summed E-state index contributed by atoms with van der Waals surface area (Å²) in [5.41, 5.74) is 1.05. The summed E-state index contributed by atoms with van der Waals surface area (Å²) in [7, 11) is 1.63. The maximum Gasteiger partial charge on any atom is 0.237 e. The quantitative estimate of drug-likeness (QED) is 0.702. The normalized spacial score (nSPS) is 21.4. The van der Waals surface area contributed by atoms with Gasteiger partial charge in [-0.05, 0) is 18.1 Å². The van der Waals surface area contributed by atoms with Crippen molar-refractivity contribution in [2.75, 3.05) is 26.8 Å². The number of carbonyl (C=O) groups is 1. The molecule has 1 fully saturated rings. The second-order valence-corrected chi connectivity index (χ2v) is 6.98. The molecule has 2 N–H and O–H groups in total. The Morgan fingerprint density at radius 2 is 2.17 bits per heavy atom. The van der Waals surface area contributed by atoms with Gasteiger partial charge in [0, 0.05) is 43.9 Å². The molecule has 0 saturated carbocycles. The number of amides is 1. The number of nitrogens with one attached hydrogen (secondary N) is 2. The lowest BCUT2D eigenvalue weighted by Gasteiger charge is -2.24. The molecule has 6 heteroatoms. The standard InChI is InChI=1S/C18H28ClN3O2/c1-13(2)21-15-10-17(18(23)20-8-9-24-3)22(12-15)11-14-6-4-5-7-16(14)19/h4-7,13,15,17,21H,8-12H2,1-3H3,(H,20,23)/t15-,17-/m0/s1.